The van der Waals surface area contributed by atoms with Crippen molar-refractivity contribution >= 4 is 7.85 Å². The van der Waals surface area contributed by atoms with E-state index in [9.17, 15) is 0 Å². The van der Waals surface area contributed by atoms with Crippen LogP contribution in [0.2, 0.25) is 6.32 Å². The standard InChI is InChI=1S/C8H16BN/c1-2-10-5-3-8(7-9)4-6-10/h8H,2-7H2,1H3. The molecule has 0 bridgehead atoms. The van der Waals surface area contributed by atoms with Gasteiger partial charge in [0.05, 0.1) is 7.85 Å². The summed E-state index contributed by atoms with van der Waals surface area (Å²) in [5.41, 5.74) is 0. The predicted molar refractivity (Wildman–Crippen MR) is 45.4 cm³/mol. The molecule has 0 saturated carbocycles. The summed E-state index contributed by atoms with van der Waals surface area (Å²) < 4.78 is 0. The zero-order chi connectivity index (χ0) is 7.40. The van der Waals surface area contributed by atoms with Gasteiger partial charge in [0.25, 0.3) is 0 Å². The summed E-state index contributed by atoms with van der Waals surface area (Å²) in [5, 5.41) is 0. The van der Waals surface area contributed by atoms with Gasteiger partial charge in [0, 0.05) is 0 Å². The summed E-state index contributed by atoms with van der Waals surface area (Å²) in [4.78, 5) is 2.49. The molecular formula is C8H16BN. The summed E-state index contributed by atoms with van der Waals surface area (Å²) in [6.45, 7) is 5.96. The molecule has 1 nitrogen and oxygen atoms in total. The fourth-order valence-electron chi connectivity index (χ4n) is 1.54. The number of rotatable bonds is 2. The molecular weight excluding hydrogens is 121 g/mol. The summed E-state index contributed by atoms with van der Waals surface area (Å²) in [6.07, 6.45) is 3.51. The van der Waals surface area contributed by atoms with Crippen molar-refractivity contribution in [3.63, 3.8) is 0 Å². The second-order valence-corrected chi connectivity index (χ2v) is 3.11. The Bertz CT molecular complexity index is 75.3. The van der Waals surface area contributed by atoms with Crippen LogP contribution in [0.5, 0.6) is 0 Å². The molecule has 0 aromatic carbocycles. The van der Waals surface area contributed by atoms with Crippen molar-refractivity contribution in [3.05, 3.63) is 0 Å². The quantitative estimate of drug-likeness (QED) is 0.518. The van der Waals surface area contributed by atoms with Gasteiger partial charge in [-0.2, -0.15) is 0 Å². The lowest BCUT2D eigenvalue weighted by Crippen LogP contribution is -2.33. The molecule has 0 aromatic heterocycles. The minimum atomic E-state index is 0.808. The van der Waals surface area contributed by atoms with Crippen LogP contribution >= 0.6 is 0 Å². The minimum Gasteiger partial charge on any atom is -0.304 e. The first kappa shape index (κ1) is 8.12. The molecule has 0 aliphatic carbocycles. The zero-order valence-electron chi connectivity index (χ0n) is 6.84. The molecule has 1 aliphatic heterocycles. The van der Waals surface area contributed by atoms with Crippen LogP contribution in [0.25, 0.3) is 0 Å². The minimum absolute atomic E-state index is 0.808. The van der Waals surface area contributed by atoms with Crippen LogP contribution in [0.3, 0.4) is 0 Å². The molecule has 0 spiro atoms. The highest BCUT2D eigenvalue weighted by atomic mass is 15.1. The van der Waals surface area contributed by atoms with Crippen LogP contribution in [-0.4, -0.2) is 32.4 Å². The van der Waals surface area contributed by atoms with E-state index in [1.54, 1.807) is 0 Å². The van der Waals surface area contributed by atoms with E-state index in [0.29, 0.717) is 0 Å². The molecule has 0 amide bonds. The van der Waals surface area contributed by atoms with Gasteiger partial charge in [-0.3, -0.25) is 0 Å². The van der Waals surface area contributed by atoms with Gasteiger partial charge in [-0.1, -0.05) is 13.2 Å². The topological polar surface area (TPSA) is 3.24 Å². The lowest BCUT2D eigenvalue weighted by atomic mass is 9.84. The van der Waals surface area contributed by atoms with Gasteiger partial charge >= 0.3 is 0 Å². The van der Waals surface area contributed by atoms with Crippen LogP contribution in [0, 0.1) is 5.92 Å². The highest BCUT2D eigenvalue weighted by Gasteiger charge is 2.15. The van der Waals surface area contributed by atoms with Crippen molar-refractivity contribution in [2.24, 2.45) is 5.92 Å². The van der Waals surface area contributed by atoms with Crippen molar-refractivity contribution in [1.82, 2.24) is 4.90 Å². The average molecular weight is 137 g/mol. The molecule has 10 heavy (non-hydrogen) atoms. The first-order chi connectivity index (χ1) is 4.86. The molecule has 0 unspecified atom stereocenters. The van der Waals surface area contributed by atoms with Crippen molar-refractivity contribution in [2.75, 3.05) is 19.6 Å². The van der Waals surface area contributed by atoms with Crippen molar-refractivity contribution < 1.29 is 0 Å². The number of piperidine rings is 1. The summed E-state index contributed by atoms with van der Waals surface area (Å²) >= 11 is 0. The number of nitrogens with zero attached hydrogens (tertiary/aromatic N) is 1. The number of likely N-dealkylation sites (tertiary alicyclic amines) is 1. The Morgan fingerprint density at radius 2 is 2.00 bits per heavy atom. The third-order valence-corrected chi connectivity index (χ3v) is 2.49. The molecule has 1 aliphatic rings. The summed E-state index contributed by atoms with van der Waals surface area (Å²) in [5.74, 6) is 0.808. The second kappa shape index (κ2) is 4.02. The van der Waals surface area contributed by atoms with E-state index in [4.69, 9.17) is 7.85 Å². The molecule has 2 heteroatoms. The molecule has 0 aromatic rings. The van der Waals surface area contributed by atoms with E-state index in [2.05, 4.69) is 11.8 Å². The van der Waals surface area contributed by atoms with Crippen molar-refractivity contribution in [2.45, 2.75) is 26.1 Å². The second-order valence-electron chi connectivity index (χ2n) is 3.11. The third-order valence-electron chi connectivity index (χ3n) is 2.49. The molecule has 1 saturated heterocycles. The van der Waals surface area contributed by atoms with Crippen LogP contribution in [0.15, 0.2) is 0 Å². The Morgan fingerprint density at radius 3 is 2.40 bits per heavy atom. The van der Waals surface area contributed by atoms with Gasteiger partial charge in [-0.25, -0.2) is 0 Å². The summed E-state index contributed by atoms with van der Waals surface area (Å²) in [7, 11) is 5.57. The maximum atomic E-state index is 5.57. The maximum absolute atomic E-state index is 5.57. The monoisotopic (exact) mass is 137 g/mol. The SMILES string of the molecule is [B]CC1CCN(CC)CC1. The van der Waals surface area contributed by atoms with Gasteiger partial charge in [0.2, 0.25) is 0 Å². The van der Waals surface area contributed by atoms with Crippen LogP contribution in [0.1, 0.15) is 19.8 Å². The van der Waals surface area contributed by atoms with E-state index in [1.807, 2.05) is 0 Å². The Morgan fingerprint density at radius 1 is 1.40 bits per heavy atom. The Balaban J connectivity index is 2.17. The fourth-order valence-corrected chi connectivity index (χ4v) is 1.54. The van der Waals surface area contributed by atoms with Gasteiger partial charge in [-0.05, 0) is 38.4 Å². The van der Waals surface area contributed by atoms with Crippen LogP contribution < -0.4 is 0 Å². The van der Waals surface area contributed by atoms with Crippen LogP contribution in [0.4, 0.5) is 0 Å². The Labute approximate surface area is 65.2 Å². The van der Waals surface area contributed by atoms with E-state index < -0.39 is 0 Å². The normalized spacial score (nSPS) is 23.3. The Kier molecular flexibility index (Phi) is 3.27. The lowest BCUT2D eigenvalue weighted by molar-refractivity contribution is 0.201. The molecule has 1 fully saturated rings. The molecule has 0 N–H and O–H groups in total. The first-order valence-electron chi connectivity index (χ1n) is 4.29. The molecule has 56 valence electrons. The van der Waals surface area contributed by atoms with Crippen LogP contribution in [-0.2, 0) is 0 Å². The molecule has 2 radical (unpaired) electrons. The molecule has 1 rings (SSSR count). The Hall–Kier alpha value is 0.0249. The van der Waals surface area contributed by atoms with E-state index >= 15 is 0 Å². The smallest absolute Gasteiger partial charge is 0.0656 e. The van der Waals surface area contributed by atoms with Gasteiger partial charge < -0.3 is 4.90 Å². The van der Waals surface area contributed by atoms with E-state index in [-0.39, 0.29) is 0 Å². The number of hydrogen-bond donors (Lipinski definition) is 0. The lowest BCUT2D eigenvalue weighted by Gasteiger charge is -2.30. The molecule has 0 atom stereocenters. The van der Waals surface area contributed by atoms with E-state index in [1.165, 1.54) is 32.5 Å². The summed E-state index contributed by atoms with van der Waals surface area (Å²) in [6, 6.07) is 0. The molecule has 1 heterocycles. The number of hydrogen-bond acceptors (Lipinski definition) is 1. The van der Waals surface area contributed by atoms with Crippen molar-refractivity contribution in [1.29, 1.82) is 0 Å². The maximum Gasteiger partial charge on any atom is 0.0656 e. The fraction of sp³-hybridized carbons (Fsp3) is 1.00. The zero-order valence-corrected chi connectivity index (χ0v) is 6.84. The predicted octanol–water partition coefficient (Wildman–Crippen LogP) is 1.31. The van der Waals surface area contributed by atoms with Gasteiger partial charge in [-0.15, -0.1) is 0 Å². The van der Waals surface area contributed by atoms with Gasteiger partial charge in [0.15, 0.2) is 0 Å². The third kappa shape index (κ3) is 2.01. The van der Waals surface area contributed by atoms with Crippen molar-refractivity contribution in [3.8, 4) is 0 Å². The first-order valence-corrected chi connectivity index (χ1v) is 4.29. The largest absolute Gasteiger partial charge is 0.304 e. The highest BCUT2D eigenvalue weighted by Crippen LogP contribution is 2.18. The average Bonchev–Trinajstić information content (AvgIpc) is 2.05. The van der Waals surface area contributed by atoms with Gasteiger partial charge in [0.1, 0.15) is 0 Å². The van der Waals surface area contributed by atoms with E-state index in [0.717, 1.165) is 12.2 Å². The highest BCUT2D eigenvalue weighted by molar-refractivity contribution is 6.08.